The summed E-state index contributed by atoms with van der Waals surface area (Å²) < 4.78 is 0. The van der Waals surface area contributed by atoms with Gasteiger partial charge in [-0.15, -0.1) is 0 Å². The molecule has 1 aromatic carbocycles. The lowest BCUT2D eigenvalue weighted by Crippen LogP contribution is -2.34. The molecule has 2 rings (SSSR count). The molecule has 0 aliphatic carbocycles. The third-order valence-corrected chi connectivity index (χ3v) is 3.62. The summed E-state index contributed by atoms with van der Waals surface area (Å²) in [5, 5.41) is 0. The molecule has 1 heterocycles. The number of piperidine rings is 1. The Morgan fingerprint density at radius 3 is 2.71 bits per heavy atom. The van der Waals surface area contributed by atoms with Crippen LogP contribution < -0.4 is 5.73 Å². The zero-order valence-corrected chi connectivity index (χ0v) is 10.4. The Balaban J connectivity index is 2.08. The number of benzene rings is 1. The zero-order valence-electron chi connectivity index (χ0n) is 10.4. The topological polar surface area (TPSA) is 46.3 Å². The molecule has 0 aromatic heterocycles. The second-order valence-electron chi connectivity index (χ2n) is 4.72. The summed E-state index contributed by atoms with van der Waals surface area (Å²) in [6, 6.07) is 7.76. The van der Waals surface area contributed by atoms with Gasteiger partial charge in [-0.3, -0.25) is 4.79 Å². The molecule has 1 saturated heterocycles. The van der Waals surface area contributed by atoms with Crippen molar-refractivity contribution < 1.29 is 4.79 Å². The minimum atomic E-state index is -0.352. The van der Waals surface area contributed by atoms with Crippen molar-refractivity contribution in [3.8, 4) is 0 Å². The van der Waals surface area contributed by atoms with E-state index < -0.39 is 0 Å². The summed E-state index contributed by atoms with van der Waals surface area (Å²) in [4.78, 5) is 13.5. The molecule has 0 saturated carbocycles. The molecule has 17 heavy (non-hydrogen) atoms. The summed E-state index contributed by atoms with van der Waals surface area (Å²) in [6.45, 7) is 5.67. The first-order valence-corrected chi connectivity index (χ1v) is 6.33. The first-order chi connectivity index (χ1) is 8.20. The van der Waals surface area contributed by atoms with Crippen LogP contribution in [0.15, 0.2) is 24.3 Å². The number of amides is 1. The van der Waals surface area contributed by atoms with Crippen LogP contribution in [0.2, 0.25) is 0 Å². The van der Waals surface area contributed by atoms with Crippen LogP contribution in [-0.2, 0) is 0 Å². The number of nitrogens with two attached hydrogens (primary N) is 1. The Hall–Kier alpha value is -1.35. The maximum Gasteiger partial charge on any atom is 0.248 e. The molecule has 3 nitrogen and oxygen atoms in total. The second-order valence-corrected chi connectivity index (χ2v) is 4.72. The van der Waals surface area contributed by atoms with Crippen molar-refractivity contribution in [3.63, 3.8) is 0 Å². The molecule has 1 unspecified atom stereocenters. The summed E-state index contributed by atoms with van der Waals surface area (Å²) in [6.07, 6.45) is 2.50. The van der Waals surface area contributed by atoms with Gasteiger partial charge in [0.05, 0.1) is 0 Å². The average Bonchev–Trinajstić information content (AvgIpc) is 2.39. The third kappa shape index (κ3) is 2.86. The maximum atomic E-state index is 11.0. The van der Waals surface area contributed by atoms with Gasteiger partial charge in [-0.2, -0.15) is 0 Å². The lowest BCUT2D eigenvalue weighted by Gasteiger charge is -2.32. The van der Waals surface area contributed by atoms with E-state index in [0.717, 1.165) is 13.1 Å². The highest BCUT2D eigenvalue weighted by Gasteiger charge is 2.20. The van der Waals surface area contributed by atoms with Crippen molar-refractivity contribution in [2.45, 2.75) is 25.7 Å². The molecule has 3 heteroatoms. The summed E-state index contributed by atoms with van der Waals surface area (Å²) in [5.74, 6) is 0.251. The van der Waals surface area contributed by atoms with Crippen molar-refractivity contribution >= 4 is 5.91 Å². The molecule has 1 aliphatic rings. The maximum absolute atomic E-state index is 11.0. The molecule has 1 amide bonds. The Bertz CT molecular complexity index is 386. The fourth-order valence-corrected chi connectivity index (χ4v) is 2.53. The highest BCUT2D eigenvalue weighted by molar-refractivity contribution is 5.92. The van der Waals surface area contributed by atoms with Gasteiger partial charge in [0, 0.05) is 12.1 Å². The molecule has 2 N–H and O–H groups in total. The predicted octanol–water partition coefficient (Wildman–Crippen LogP) is 1.98. The second kappa shape index (κ2) is 5.32. The number of carbonyl (C=O) groups is 1. The predicted molar refractivity (Wildman–Crippen MR) is 69.0 cm³/mol. The lowest BCUT2D eigenvalue weighted by atomic mass is 9.90. The fraction of sp³-hybridized carbons (Fsp3) is 0.500. The zero-order chi connectivity index (χ0) is 12.3. The summed E-state index contributed by atoms with van der Waals surface area (Å²) >= 11 is 0. The average molecular weight is 232 g/mol. The molecule has 92 valence electrons. The van der Waals surface area contributed by atoms with Crippen LogP contribution in [-0.4, -0.2) is 30.4 Å². The molecule has 0 spiro atoms. The molecule has 1 atom stereocenters. The van der Waals surface area contributed by atoms with Gasteiger partial charge in [0.2, 0.25) is 5.91 Å². The van der Waals surface area contributed by atoms with E-state index in [9.17, 15) is 4.79 Å². The Morgan fingerprint density at radius 2 is 2.12 bits per heavy atom. The van der Waals surface area contributed by atoms with Crippen molar-refractivity contribution in [1.82, 2.24) is 4.90 Å². The number of likely N-dealkylation sites (N-methyl/N-ethyl adjacent to an activating group) is 1. The molecule has 0 bridgehead atoms. The number of rotatable bonds is 3. The number of likely N-dealkylation sites (tertiary alicyclic amines) is 1. The number of primary amides is 1. The van der Waals surface area contributed by atoms with E-state index >= 15 is 0 Å². The van der Waals surface area contributed by atoms with Crippen molar-refractivity contribution in [3.05, 3.63) is 35.4 Å². The molecular weight excluding hydrogens is 212 g/mol. The van der Waals surface area contributed by atoms with Gasteiger partial charge >= 0.3 is 0 Å². The first kappa shape index (κ1) is 12.1. The highest BCUT2D eigenvalue weighted by Crippen LogP contribution is 2.26. The van der Waals surface area contributed by atoms with Crippen LogP contribution in [0.4, 0.5) is 0 Å². The van der Waals surface area contributed by atoms with Crippen LogP contribution in [0.5, 0.6) is 0 Å². The lowest BCUT2D eigenvalue weighted by molar-refractivity contribution is 0.100. The number of hydrogen-bond donors (Lipinski definition) is 1. The SMILES string of the molecule is CCN1CCCC(c2ccc(C(N)=O)cc2)C1. The van der Waals surface area contributed by atoms with E-state index in [1.807, 2.05) is 24.3 Å². The quantitative estimate of drug-likeness (QED) is 0.866. The normalized spacial score (nSPS) is 21.4. The molecule has 0 radical (unpaired) electrons. The summed E-state index contributed by atoms with van der Waals surface area (Å²) in [5.41, 5.74) is 7.16. The third-order valence-electron chi connectivity index (χ3n) is 3.62. The fourth-order valence-electron chi connectivity index (χ4n) is 2.53. The van der Waals surface area contributed by atoms with E-state index in [0.29, 0.717) is 11.5 Å². The van der Waals surface area contributed by atoms with Crippen molar-refractivity contribution in [1.29, 1.82) is 0 Å². The minimum absolute atomic E-state index is 0.352. The molecule has 1 fully saturated rings. The summed E-state index contributed by atoms with van der Waals surface area (Å²) in [7, 11) is 0. The van der Waals surface area contributed by atoms with Crippen LogP contribution in [0.3, 0.4) is 0 Å². The number of carbonyl (C=O) groups excluding carboxylic acids is 1. The minimum Gasteiger partial charge on any atom is -0.366 e. The van der Waals surface area contributed by atoms with E-state index in [1.54, 1.807) is 0 Å². The van der Waals surface area contributed by atoms with Crippen LogP contribution in [0, 0.1) is 0 Å². The van der Waals surface area contributed by atoms with Crippen LogP contribution in [0.1, 0.15) is 41.6 Å². The first-order valence-electron chi connectivity index (χ1n) is 6.33. The van der Waals surface area contributed by atoms with E-state index in [1.165, 1.54) is 24.9 Å². The van der Waals surface area contributed by atoms with Crippen molar-refractivity contribution in [2.24, 2.45) is 5.73 Å². The standard InChI is InChI=1S/C14H20N2O/c1-2-16-9-3-4-13(10-16)11-5-7-12(8-6-11)14(15)17/h5-8,13H,2-4,9-10H2,1H3,(H2,15,17). The van der Waals surface area contributed by atoms with Gasteiger partial charge in [0.25, 0.3) is 0 Å². The van der Waals surface area contributed by atoms with Gasteiger partial charge in [-0.25, -0.2) is 0 Å². The van der Waals surface area contributed by atoms with Gasteiger partial charge < -0.3 is 10.6 Å². The van der Waals surface area contributed by atoms with Crippen LogP contribution in [0.25, 0.3) is 0 Å². The van der Waals surface area contributed by atoms with Gasteiger partial charge in [-0.05, 0) is 49.5 Å². The van der Waals surface area contributed by atoms with Crippen molar-refractivity contribution in [2.75, 3.05) is 19.6 Å². The Morgan fingerprint density at radius 1 is 1.41 bits per heavy atom. The largest absolute Gasteiger partial charge is 0.366 e. The van der Waals surface area contributed by atoms with Gasteiger partial charge in [0.15, 0.2) is 0 Å². The van der Waals surface area contributed by atoms with Gasteiger partial charge in [0.1, 0.15) is 0 Å². The molecule has 1 aromatic rings. The smallest absolute Gasteiger partial charge is 0.248 e. The van der Waals surface area contributed by atoms with Gasteiger partial charge in [-0.1, -0.05) is 19.1 Å². The van der Waals surface area contributed by atoms with E-state index in [4.69, 9.17) is 5.73 Å². The highest BCUT2D eigenvalue weighted by atomic mass is 16.1. The van der Waals surface area contributed by atoms with Crippen LogP contribution >= 0.6 is 0 Å². The Kier molecular flexibility index (Phi) is 3.79. The molecule has 1 aliphatic heterocycles. The monoisotopic (exact) mass is 232 g/mol. The Labute approximate surface area is 103 Å². The van der Waals surface area contributed by atoms with E-state index in [-0.39, 0.29) is 5.91 Å². The van der Waals surface area contributed by atoms with E-state index in [2.05, 4.69) is 11.8 Å². The number of nitrogens with zero attached hydrogens (tertiary/aromatic N) is 1. The number of hydrogen-bond acceptors (Lipinski definition) is 2. The molecular formula is C14H20N2O.